The molecule has 3 amide bonds. The molecule has 0 aromatic heterocycles. The fraction of sp³-hybridized carbons (Fsp3) is 0.375. The second kappa shape index (κ2) is 7.50. The first-order chi connectivity index (χ1) is 16.0. The van der Waals surface area contributed by atoms with Gasteiger partial charge in [-0.3, -0.25) is 24.6 Å². The molecule has 4 atom stereocenters. The van der Waals surface area contributed by atoms with Crippen LogP contribution < -0.4 is 20.1 Å². The minimum Gasteiger partial charge on any atom is -0.454 e. The number of likely N-dealkylation sites (tertiary alicyclic amines) is 1. The number of fused-ring (bicyclic) bond motifs is 5. The molecule has 4 aliphatic rings. The summed E-state index contributed by atoms with van der Waals surface area (Å²) in [5, 5.41) is 6.39. The fourth-order valence-electron chi connectivity index (χ4n) is 5.69. The molecule has 2 fully saturated rings. The van der Waals surface area contributed by atoms with Crippen LogP contribution in [0.5, 0.6) is 11.5 Å². The molecule has 0 aliphatic carbocycles. The van der Waals surface area contributed by atoms with Crippen molar-refractivity contribution in [2.45, 2.75) is 24.5 Å². The molecule has 9 heteroatoms. The number of amides is 3. The van der Waals surface area contributed by atoms with Crippen molar-refractivity contribution in [3.05, 3.63) is 53.6 Å². The molecule has 6 rings (SSSR count). The van der Waals surface area contributed by atoms with Crippen LogP contribution in [-0.2, 0) is 26.5 Å². The number of nitrogens with one attached hydrogen (secondary N) is 2. The highest BCUT2D eigenvalue weighted by Gasteiger charge is 2.70. The van der Waals surface area contributed by atoms with Gasteiger partial charge in [0.15, 0.2) is 11.5 Å². The van der Waals surface area contributed by atoms with E-state index >= 15 is 0 Å². The molecule has 0 unspecified atom stereocenters. The van der Waals surface area contributed by atoms with Crippen LogP contribution in [0.3, 0.4) is 0 Å². The van der Waals surface area contributed by atoms with Gasteiger partial charge in [-0.2, -0.15) is 11.8 Å². The SMILES string of the molecule is CSCC[C@@H]1N[C@]2(C(=O)Nc3ccccc32)[C@@H]2C(=O)N(Cc3ccc4c(c3)OCO4)C(=O)[C@H]12. The van der Waals surface area contributed by atoms with Crippen LogP contribution in [-0.4, -0.2) is 47.5 Å². The van der Waals surface area contributed by atoms with Gasteiger partial charge >= 0.3 is 0 Å². The topological polar surface area (TPSA) is 97.0 Å². The van der Waals surface area contributed by atoms with E-state index in [1.54, 1.807) is 23.9 Å². The molecule has 0 bridgehead atoms. The quantitative estimate of drug-likeness (QED) is 0.653. The van der Waals surface area contributed by atoms with Crippen LogP contribution in [0.25, 0.3) is 0 Å². The van der Waals surface area contributed by atoms with Crippen molar-refractivity contribution >= 4 is 35.2 Å². The van der Waals surface area contributed by atoms with Gasteiger partial charge in [-0.1, -0.05) is 24.3 Å². The third-order valence-corrected chi connectivity index (χ3v) is 7.77. The molecular weight excluding hydrogens is 442 g/mol. The fourth-order valence-corrected chi connectivity index (χ4v) is 6.18. The highest BCUT2D eigenvalue weighted by molar-refractivity contribution is 7.98. The van der Waals surface area contributed by atoms with Gasteiger partial charge in [0.2, 0.25) is 24.5 Å². The van der Waals surface area contributed by atoms with Gasteiger partial charge in [0.05, 0.1) is 18.4 Å². The number of para-hydroxylation sites is 1. The average Bonchev–Trinajstić information content (AvgIpc) is 3.54. The summed E-state index contributed by atoms with van der Waals surface area (Å²) in [5.74, 6) is -0.101. The normalized spacial score (nSPS) is 29.1. The Labute approximate surface area is 195 Å². The van der Waals surface area contributed by atoms with Crippen molar-refractivity contribution in [2.24, 2.45) is 11.8 Å². The molecule has 2 saturated heterocycles. The summed E-state index contributed by atoms with van der Waals surface area (Å²) in [6.45, 7) is 0.292. The van der Waals surface area contributed by atoms with Crippen LogP contribution in [0.2, 0.25) is 0 Å². The zero-order valence-electron chi connectivity index (χ0n) is 18.0. The zero-order chi connectivity index (χ0) is 22.7. The van der Waals surface area contributed by atoms with Gasteiger partial charge in [0.25, 0.3) is 0 Å². The van der Waals surface area contributed by atoms with E-state index in [9.17, 15) is 14.4 Å². The Kier molecular flexibility index (Phi) is 4.67. The third-order valence-electron chi connectivity index (χ3n) is 7.12. The van der Waals surface area contributed by atoms with E-state index in [0.717, 1.165) is 16.9 Å². The lowest BCUT2D eigenvalue weighted by molar-refractivity contribution is -0.143. The van der Waals surface area contributed by atoms with E-state index in [4.69, 9.17) is 9.47 Å². The number of benzene rings is 2. The molecule has 33 heavy (non-hydrogen) atoms. The molecule has 2 aromatic rings. The van der Waals surface area contributed by atoms with Gasteiger partial charge in [-0.25, -0.2) is 0 Å². The van der Waals surface area contributed by atoms with Crippen molar-refractivity contribution in [2.75, 3.05) is 24.1 Å². The van der Waals surface area contributed by atoms with E-state index in [1.807, 2.05) is 36.6 Å². The molecule has 2 N–H and O–H groups in total. The summed E-state index contributed by atoms with van der Waals surface area (Å²) in [7, 11) is 0. The van der Waals surface area contributed by atoms with Crippen LogP contribution in [0.4, 0.5) is 5.69 Å². The maximum atomic E-state index is 13.8. The number of rotatable bonds is 5. The van der Waals surface area contributed by atoms with E-state index in [1.165, 1.54) is 4.90 Å². The van der Waals surface area contributed by atoms with E-state index in [2.05, 4.69) is 10.6 Å². The van der Waals surface area contributed by atoms with Crippen molar-refractivity contribution in [1.29, 1.82) is 0 Å². The van der Waals surface area contributed by atoms with Gasteiger partial charge < -0.3 is 14.8 Å². The van der Waals surface area contributed by atoms with Crippen molar-refractivity contribution in [3.63, 3.8) is 0 Å². The molecule has 4 heterocycles. The minimum atomic E-state index is -1.24. The van der Waals surface area contributed by atoms with Crippen molar-refractivity contribution < 1.29 is 23.9 Å². The van der Waals surface area contributed by atoms with E-state index in [0.29, 0.717) is 23.6 Å². The predicted octanol–water partition coefficient (Wildman–Crippen LogP) is 2.09. The van der Waals surface area contributed by atoms with Crippen LogP contribution in [0.15, 0.2) is 42.5 Å². The Balaban J connectivity index is 1.39. The van der Waals surface area contributed by atoms with Crippen LogP contribution in [0.1, 0.15) is 17.5 Å². The Morgan fingerprint density at radius 1 is 1.09 bits per heavy atom. The standard InChI is InChI=1S/C24H23N3O5S/c1-33-9-8-16-19-20(24(26-16)14-4-2-3-5-15(14)25-23(24)30)22(29)27(21(19)28)11-13-6-7-17-18(10-13)32-12-31-17/h2-7,10,16,19-20,26H,8-9,11-12H2,1H3,(H,25,30)/t16-,19+,20-,24-/m0/s1. The summed E-state index contributed by atoms with van der Waals surface area (Å²) in [6, 6.07) is 12.6. The number of anilines is 1. The number of imide groups is 1. The van der Waals surface area contributed by atoms with Gasteiger partial charge in [0.1, 0.15) is 5.54 Å². The zero-order valence-corrected chi connectivity index (χ0v) is 18.8. The Morgan fingerprint density at radius 3 is 2.76 bits per heavy atom. The smallest absolute Gasteiger partial charge is 0.250 e. The number of hydrogen-bond acceptors (Lipinski definition) is 7. The summed E-state index contributed by atoms with van der Waals surface area (Å²) in [5.41, 5.74) is 0.970. The van der Waals surface area contributed by atoms with Gasteiger partial charge in [-0.15, -0.1) is 0 Å². The van der Waals surface area contributed by atoms with Crippen molar-refractivity contribution in [1.82, 2.24) is 10.2 Å². The molecule has 8 nitrogen and oxygen atoms in total. The monoisotopic (exact) mass is 465 g/mol. The van der Waals surface area contributed by atoms with Crippen molar-refractivity contribution in [3.8, 4) is 11.5 Å². The maximum Gasteiger partial charge on any atom is 0.250 e. The summed E-state index contributed by atoms with van der Waals surface area (Å²) in [6.07, 6.45) is 2.70. The first-order valence-corrected chi connectivity index (χ1v) is 12.4. The number of thioether (sulfide) groups is 1. The highest BCUT2D eigenvalue weighted by atomic mass is 32.2. The van der Waals surface area contributed by atoms with Crippen LogP contribution in [0, 0.1) is 11.8 Å². The molecule has 4 aliphatic heterocycles. The Hall–Kier alpha value is -3.04. The molecule has 1 spiro atoms. The number of hydrogen-bond donors (Lipinski definition) is 2. The minimum absolute atomic E-state index is 0.135. The lowest BCUT2D eigenvalue weighted by atomic mass is 9.76. The Bertz CT molecular complexity index is 1190. The van der Waals surface area contributed by atoms with Crippen LogP contribution >= 0.6 is 11.8 Å². The molecule has 0 saturated carbocycles. The number of carbonyl (C=O) groups is 3. The molecular formula is C24H23N3O5S. The molecule has 0 radical (unpaired) electrons. The summed E-state index contributed by atoms with van der Waals surface area (Å²) < 4.78 is 10.8. The molecule has 2 aromatic carbocycles. The summed E-state index contributed by atoms with van der Waals surface area (Å²) in [4.78, 5) is 42.1. The third kappa shape index (κ3) is 2.85. The first-order valence-electron chi connectivity index (χ1n) is 11.0. The van der Waals surface area contributed by atoms with Gasteiger partial charge in [-0.05, 0) is 42.2 Å². The lowest BCUT2D eigenvalue weighted by Gasteiger charge is -2.29. The van der Waals surface area contributed by atoms with Gasteiger partial charge in [0, 0.05) is 17.3 Å². The number of carbonyl (C=O) groups excluding carboxylic acids is 3. The second-order valence-electron chi connectivity index (χ2n) is 8.79. The van der Waals surface area contributed by atoms with E-state index in [-0.39, 0.29) is 37.1 Å². The summed E-state index contributed by atoms with van der Waals surface area (Å²) >= 11 is 1.68. The Morgan fingerprint density at radius 2 is 1.91 bits per heavy atom. The van der Waals surface area contributed by atoms with E-state index < -0.39 is 17.4 Å². The highest BCUT2D eigenvalue weighted by Crippen LogP contribution is 2.53. The predicted molar refractivity (Wildman–Crippen MR) is 122 cm³/mol. The first kappa shape index (κ1) is 20.6. The number of nitrogens with zero attached hydrogens (tertiary/aromatic N) is 1. The lowest BCUT2D eigenvalue weighted by Crippen LogP contribution is -2.53. The number of ether oxygens (including phenoxy) is 2. The second-order valence-corrected chi connectivity index (χ2v) is 9.78. The largest absolute Gasteiger partial charge is 0.454 e. The maximum absolute atomic E-state index is 13.8. The molecule has 170 valence electrons. The average molecular weight is 466 g/mol.